The highest BCUT2D eigenvalue weighted by atomic mass is 35.5. The number of halogens is 1. The minimum Gasteiger partial charge on any atom is -0.495 e. The lowest BCUT2D eigenvalue weighted by Crippen LogP contribution is -2.49. The first kappa shape index (κ1) is 16.9. The molecule has 1 aromatic carbocycles. The number of nitrogens with two attached hydrogens (primary N) is 1. The summed E-state index contributed by atoms with van der Waals surface area (Å²) >= 11 is 6.32. The molecule has 0 aliphatic carbocycles. The minimum absolute atomic E-state index is 0.0335. The summed E-state index contributed by atoms with van der Waals surface area (Å²) in [6.45, 7) is 5.03. The number of nitrogens with zero attached hydrogens (tertiary/aromatic N) is 1. The highest BCUT2D eigenvalue weighted by Crippen LogP contribution is 2.45. The molecule has 0 amide bonds. The summed E-state index contributed by atoms with van der Waals surface area (Å²) in [5.74, 6) is 1.01. The van der Waals surface area contributed by atoms with Gasteiger partial charge >= 0.3 is 0 Å². The zero-order chi connectivity index (χ0) is 16.3. The van der Waals surface area contributed by atoms with Gasteiger partial charge in [-0.15, -0.1) is 0 Å². The van der Waals surface area contributed by atoms with Crippen molar-refractivity contribution >= 4 is 17.6 Å². The van der Waals surface area contributed by atoms with Gasteiger partial charge in [0.1, 0.15) is 5.75 Å². The predicted octanol–water partition coefficient (Wildman–Crippen LogP) is 3.08. The van der Waals surface area contributed by atoms with E-state index < -0.39 is 0 Å². The van der Waals surface area contributed by atoms with Gasteiger partial charge in [0.05, 0.1) is 17.7 Å². The molecule has 122 valence electrons. The summed E-state index contributed by atoms with van der Waals surface area (Å²) in [5, 5.41) is 10.0. The summed E-state index contributed by atoms with van der Waals surface area (Å²) in [7, 11) is 1.64. The number of para-hydroxylation sites is 1. The van der Waals surface area contributed by atoms with E-state index in [1.165, 1.54) is 0 Å². The third-order valence-electron chi connectivity index (χ3n) is 4.50. The van der Waals surface area contributed by atoms with Crippen LogP contribution in [0.2, 0.25) is 5.02 Å². The molecule has 1 aliphatic rings. The lowest BCUT2D eigenvalue weighted by molar-refractivity contribution is 0.224. The topological polar surface area (TPSA) is 74.4 Å². The Balaban J connectivity index is 2.51. The SMILES string of the molecule is CCCCC1(c2cccc(Cl)c2OC)NN(C(=N)N)CC1C. The normalized spacial score (nSPS) is 24.5. The Labute approximate surface area is 137 Å². The van der Waals surface area contributed by atoms with Crippen LogP contribution in [0, 0.1) is 11.3 Å². The Bertz CT molecular complexity index is 551. The smallest absolute Gasteiger partial charge is 0.203 e. The van der Waals surface area contributed by atoms with Gasteiger partial charge in [0.25, 0.3) is 0 Å². The van der Waals surface area contributed by atoms with Crippen molar-refractivity contribution < 1.29 is 4.74 Å². The van der Waals surface area contributed by atoms with E-state index in [9.17, 15) is 0 Å². The van der Waals surface area contributed by atoms with E-state index in [0.717, 1.165) is 24.8 Å². The van der Waals surface area contributed by atoms with E-state index in [2.05, 4.69) is 19.3 Å². The standard InChI is InChI=1S/C16H25ClN4O/c1-4-5-9-16(11(2)10-21(20-16)15(18)19)12-7-6-8-13(17)14(12)22-3/h6-8,11,20H,4-5,9-10H2,1-3H3,(H3,18,19). The second-order valence-electron chi connectivity index (χ2n) is 5.90. The number of rotatable bonds is 5. The maximum atomic E-state index is 7.72. The molecule has 0 bridgehead atoms. The highest BCUT2D eigenvalue weighted by molar-refractivity contribution is 6.32. The minimum atomic E-state index is -0.322. The first-order chi connectivity index (χ1) is 10.5. The zero-order valence-corrected chi connectivity index (χ0v) is 14.2. The van der Waals surface area contributed by atoms with Gasteiger partial charge in [-0.25, -0.2) is 5.43 Å². The van der Waals surface area contributed by atoms with Crippen LogP contribution in [0.4, 0.5) is 0 Å². The van der Waals surface area contributed by atoms with Crippen LogP contribution in [0.5, 0.6) is 5.75 Å². The molecule has 2 rings (SSSR count). The third-order valence-corrected chi connectivity index (χ3v) is 4.80. The molecule has 22 heavy (non-hydrogen) atoms. The molecule has 1 heterocycles. The monoisotopic (exact) mass is 324 g/mol. The molecular formula is C16H25ClN4O. The summed E-state index contributed by atoms with van der Waals surface area (Å²) < 4.78 is 5.56. The van der Waals surface area contributed by atoms with Gasteiger partial charge in [-0.1, -0.05) is 50.4 Å². The van der Waals surface area contributed by atoms with E-state index >= 15 is 0 Å². The average Bonchev–Trinajstić information content (AvgIpc) is 2.83. The summed E-state index contributed by atoms with van der Waals surface area (Å²) in [6, 6.07) is 5.83. The Morgan fingerprint density at radius 3 is 2.86 bits per heavy atom. The lowest BCUT2D eigenvalue weighted by atomic mass is 9.76. The van der Waals surface area contributed by atoms with Crippen molar-refractivity contribution in [2.75, 3.05) is 13.7 Å². The molecule has 6 heteroatoms. The number of nitrogens with one attached hydrogen (secondary N) is 2. The van der Waals surface area contributed by atoms with Gasteiger partial charge in [-0.2, -0.15) is 0 Å². The van der Waals surface area contributed by atoms with Gasteiger partial charge in [0, 0.05) is 12.1 Å². The van der Waals surface area contributed by atoms with E-state index in [-0.39, 0.29) is 17.4 Å². The number of methoxy groups -OCH3 is 1. The second kappa shape index (κ2) is 6.75. The van der Waals surface area contributed by atoms with Crippen LogP contribution in [0.3, 0.4) is 0 Å². The Morgan fingerprint density at radius 1 is 1.59 bits per heavy atom. The van der Waals surface area contributed by atoms with E-state index in [4.69, 9.17) is 27.5 Å². The van der Waals surface area contributed by atoms with Crippen LogP contribution in [0.25, 0.3) is 0 Å². The van der Waals surface area contributed by atoms with Gasteiger partial charge in [0.15, 0.2) is 0 Å². The molecule has 0 radical (unpaired) electrons. The lowest BCUT2D eigenvalue weighted by Gasteiger charge is -2.35. The number of hydrogen-bond donors (Lipinski definition) is 3. The molecule has 1 fully saturated rings. The fourth-order valence-electron chi connectivity index (χ4n) is 3.27. The molecule has 1 aromatic rings. The predicted molar refractivity (Wildman–Crippen MR) is 90.1 cm³/mol. The van der Waals surface area contributed by atoms with Crippen LogP contribution in [-0.2, 0) is 5.54 Å². The van der Waals surface area contributed by atoms with Crippen molar-refractivity contribution in [2.24, 2.45) is 11.7 Å². The van der Waals surface area contributed by atoms with Crippen molar-refractivity contribution in [3.8, 4) is 5.75 Å². The van der Waals surface area contributed by atoms with E-state index in [1.807, 2.05) is 18.2 Å². The van der Waals surface area contributed by atoms with Crippen molar-refractivity contribution in [1.82, 2.24) is 10.4 Å². The first-order valence-electron chi connectivity index (χ1n) is 7.68. The van der Waals surface area contributed by atoms with Gasteiger partial charge in [-0.3, -0.25) is 10.4 Å². The highest BCUT2D eigenvalue weighted by Gasteiger charge is 2.47. The van der Waals surface area contributed by atoms with Crippen molar-refractivity contribution in [3.63, 3.8) is 0 Å². The number of guanidine groups is 1. The van der Waals surface area contributed by atoms with Crippen molar-refractivity contribution in [2.45, 2.75) is 38.6 Å². The summed E-state index contributed by atoms with van der Waals surface area (Å²) in [4.78, 5) is 0. The maximum absolute atomic E-state index is 7.72. The molecule has 5 nitrogen and oxygen atoms in total. The number of hydrogen-bond acceptors (Lipinski definition) is 3. The van der Waals surface area contributed by atoms with Crippen molar-refractivity contribution in [1.29, 1.82) is 5.41 Å². The molecular weight excluding hydrogens is 300 g/mol. The summed E-state index contributed by atoms with van der Waals surface area (Å²) in [6.07, 6.45) is 3.10. The quantitative estimate of drug-likeness (QED) is 0.575. The molecule has 1 saturated heterocycles. The fraction of sp³-hybridized carbons (Fsp3) is 0.562. The van der Waals surface area contributed by atoms with Crippen LogP contribution in [0.1, 0.15) is 38.7 Å². The second-order valence-corrected chi connectivity index (χ2v) is 6.31. The molecule has 0 spiro atoms. The van der Waals surface area contributed by atoms with Crippen LogP contribution >= 0.6 is 11.6 Å². The number of benzene rings is 1. The summed E-state index contributed by atoms with van der Waals surface area (Å²) in [5.41, 5.74) is 9.84. The Hall–Kier alpha value is -1.46. The van der Waals surface area contributed by atoms with Gasteiger partial charge < -0.3 is 10.5 Å². The van der Waals surface area contributed by atoms with E-state index in [0.29, 0.717) is 17.3 Å². The Kier molecular flexibility index (Phi) is 5.19. The molecule has 0 aromatic heterocycles. The molecule has 1 aliphatic heterocycles. The molecule has 2 atom stereocenters. The fourth-order valence-corrected chi connectivity index (χ4v) is 3.52. The third kappa shape index (κ3) is 2.88. The van der Waals surface area contributed by atoms with Crippen LogP contribution in [-0.4, -0.2) is 24.6 Å². The number of ether oxygens (including phenoxy) is 1. The van der Waals surface area contributed by atoms with Crippen LogP contribution in [0.15, 0.2) is 18.2 Å². The number of unbranched alkanes of at least 4 members (excludes halogenated alkanes) is 1. The largest absolute Gasteiger partial charge is 0.495 e. The average molecular weight is 325 g/mol. The van der Waals surface area contributed by atoms with E-state index in [1.54, 1.807) is 12.1 Å². The maximum Gasteiger partial charge on any atom is 0.203 e. The van der Waals surface area contributed by atoms with Gasteiger partial charge in [-0.05, 0) is 18.4 Å². The molecule has 2 unspecified atom stereocenters. The van der Waals surface area contributed by atoms with Crippen LogP contribution < -0.4 is 15.9 Å². The molecule has 0 saturated carbocycles. The van der Waals surface area contributed by atoms with Crippen molar-refractivity contribution in [3.05, 3.63) is 28.8 Å². The Morgan fingerprint density at radius 2 is 2.32 bits per heavy atom. The first-order valence-corrected chi connectivity index (χ1v) is 8.06. The zero-order valence-electron chi connectivity index (χ0n) is 13.4. The molecule has 4 N–H and O–H groups in total. The van der Waals surface area contributed by atoms with Gasteiger partial charge in [0.2, 0.25) is 5.96 Å². The number of hydrazine groups is 1.